The van der Waals surface area contributed by atoms with Crippen molar-refractivity contribution in [3.63, 3.8) is 0 Å². The molecule has 2 nitrogen and oxygen atoms in total. The van der Waals surface area contributed by atoms with Crippen LogP contribution in [0.25, 0.3) is 0 Å². The lowest BCUT2D eigenvalue weighted by molar-refractivity contribution is 0.414. The van der Waals surface area contributed by atoms with E-state index in [-0.39, 0.29) is 0 Å². The van der Waals surface area contributed by atoms with E-state index in [1.54, 1.807) is 7.11 Å². The number of methoxy groups -OCH3 is 1. The highest BCUT2D eigenvalue weighted by Gasteiger charge is 2.04. The molecule has 0 aliphatic carbocycles. The predicted molar refractivity (Wildman–Crippen MR) is 55.5 cm³/mol. The van der Waals surface area contributed by atoms with Gasteiger partial charge in [-0.05, 0) is 37.2 Å². The second-order valence-corrected chi connectivity index (χ2v) is 3.35. The first kappa shape index (κ1) is 10.4. The van der Waals surface area contributed by atoms with E-state index in [9.17, 15) is 0 Å². The lowest BCUT2D eigenvalue weighted by Crippen LogP contribution is -2.06. The second kappa shape index (κ2) is 4.49. The minimum atomic E-state index is 0.667. The fraction of sp³-hybridized carbons (Fsp3) is 0.400. The van der Waals surface area contributed by atoms with Crippen molar-refractivity contribution in [2.45, 2.75) is 13.5 Å². The summed E-state index contributed by atoms with van der Waals surface area (Å²) in [6.07, 6.45) is 0. The lowest BCUT2D eigenvalue weighted by atomic mass is 10.1. The Morgan fingerprint density at radius 3 is 2.69 bits per heavy atom. The minimum Gasteiger partial charge on any atom is -0.495 e. The number of nitrogens with one attached hydrogen (secondary N) is 1. The number of hydrogen-bond donors (Lipinski definition) is 1. The fourth-order valence-corrected chi connectivity index (χ4v) is 1.53. The van der Waals surface area contributed by atoms with E-state index >= 15 is 0 Å². The zero-order chi connectivity index (χ0) is 9.84. The van der Waals surface area contributed by atoms with Crippen molar-refractivity contribution < 1.29 is 4.74 Å². The normalized spacial score (nSPS) is 10.2. The van der Waals surface area contributed by atoms with Crippen LogP contribution < -0.4 is 10.1 Å². The van der Waals surface area contributed by atoms with Crippen LogP contribution in [0.1, 0.15) is 11.1 Å². The highest BCUT2D eigenvalue weighted by Crippen LogP contribution is 2.27. The van der Waals surface area contributed by atoms with Gasteiger partial charge in [0.15, 0.2) is 0 Å². The molecule has 0 heterocycles. The molecule has 0 saturated carbocycles. The summed E-state index contributed by atoms with van der Waals surface area (Å²) in [7, 11) is 3.54. The molecule has 1 rings (SSSR count). The molecule has 0 unspecified atom stereocenters. The van der Waals surface area contributed by atoms with Crippen molar-refractivity contribution in [3.8, 4) is 5.75 Å². The monoisotopic (exact) mass is 199 g/mol. The molecule has 0 aliphatic rings. The summed E-state index contributed by atoms with van der Waals surface area (Å²) in [5.41, 5.74) is 2.39. The average molecular weight is 200 g/mol. The number of halogens is 1. The highest BCUT2D eigenvalue weighted by atomic mass is 35.5. The summed E-state index contributed by atoms with van der Waals surface area (Å²) < 4.78 is 5.13. The highest BCUT2D eigenvalue weighted by molar-refractivity contribution is 6.32. The molecule has 0 fully saturated rings. The third-order valence-electron chi connectivity index (χ3n) is 1.98. The molecule has 0 saturated heterocycles. The molecule has 13 heavy (non-hydrogen) atoms. The number of hydrogen-bond acceptors (Lipinski definition) is 2. The Labute approximate surface area is 83.9 Å². The Kier molecular flexibility index (Phi) is 3.58. The SMILES string of the molecule is CNCc1cc(OC)c(Cl)cc1C. The second-order valence-electron chi connectivity index (χ2n) is 2.94. The zero-order valence-electron chi connectivity index (χ0n) is 8.15. The molecule has 1 aromatic rings. The molecule has 1 N–H and O–H groups in total. The van der Waals surface area contributed by atoms with Crippen molar-refractivity contribution >= 4 is 11.6 Å². The minimum absolute atomic E-state index is 0.667. The smallest absolute Gasteiger partial charge is 0.137 e. The molecule has 0 amide bonds. The number of rotatable bonds is 3. The van der Waals surface area contributed by atoms with Gasteiger partial charge in [0, 0.05) is 6.54 Å². The molecule has 0 aliphatic heterocycles. The summed E-state index contributed by atoms with van der Waals surface area (Å²) in [4.78, 5) is 0. The van der Waals surface area contributed by atoms with Crippen LogP contribution in [-0.4, -0.2) is 14.2 Å². The topological polar surface area (TPSA) is 21.3 Å². The van der Waals surface area contributed by atoms with Crippen LogP contribution in [0.4, 0.5) is 0 Å². The largest absolute Gasteiger partial charge is 0.495 e. The van der Waals surface area contributed by atoms with Crippen LogP contribution >= 0.6 is 11.6 Å². The van der Waals surface area contributed by atoms with Gasteiger partial charge >= 0.3 is 0 Å². The predicted octanol–water partition coefficient (Wildman–Crippen LogP) is 2.38. The van der Waals surface area contributed by atoms with E-state index in [1.165, 1.54) is 11.1 Å². The van der Waals surface area contributed by atoms with Gasteiger partial charge in [0.1, 0.15) is 5.75 Å². The Morgan fingerprint density at radius 1 is 1.46 bits per heavy atom. The van der Waals surface area contributed by atoms with Gasteiger partial charge in [-0.15, -0.1) is 0 Å². The average Bonchev–Trinajstić information content (AvgIpc) is 2.10. The van der Waals surface area contributed by atoms with Gasteiger partial charge in [0.05, 0.1) is 12.1 Å². The number of aryl methyl sites for hydroxylation is 1. The van der Waals surface area contributed by atoms with Crippen LogP contribution in [0.2, 0.25) is 5.02 Å². The van der Waals surface area contributed by atoms with Gasteiger partial charge in [0.25, 0.3) is 0 Å². The molecule has 0 atom stereocenters. The third kappa shape index (κ3) is 2.36. The Morgan fingerprint density at radius 2 is 2.15 bits per heavy atom. The number of benzene rings is 1. The Bertz CT molecular complexity index is 299. The van der Waals surface area contributed by atoms with Gasteiger partial charge in [0.2, 0.25) is 0 Å². The summed E-state index contributed by atoms with van der Waals surface area (Å²) in [6, 6.07) is 3.89. The fourth-order valence-electron chi connectivity index (χ4n) is 1.23. The first-order valence-electron chi connectivity index (χ1n) is 4.16. The van der Waals surface area contributed by atoms with E-state index in [2.05, 4.69) is 5.32 Å². The van der Waals surface area contributed by atoms with Gasteiger partial charge in [-0.1, -0.05) is 11.6 Å². The Hall–Kier alpha value is -0.730. The van der Waals surface area contributed by atoms with Crippen molar-refractivity contribution in [3.05, 3.63) is 28.3 Å². The maximum atomic E-state index is 5.96. The molecule has 72 valence electrons. The van der Waals surface area contributed by atoms with Gasteiger partial charge in [-0.3, -0.25) is 0 Å². The Balaban J connectivity index is 3.06. The first-order valence-corrected chi connectivity index (χ1v) is 4.54. The molecule has 0 bridgehead atoms. The molecule has 3 heteroatoms. The zero-order valence-corrected chi connectivity index (χ0v) is 8.90. The van der Waals surface area contributed by atoms with Crippen LogP contribution in [-0.2, 0) is 6.54 Å². The summed E-state index contributed by atoms with van der Waals surface area (Å²) in [6.45, 7) is 2.87. The van der Waals surface area contributed by atoms with Gasteiger partial charge in [-0.2, -0.15) is 0 Å². The molecular formula is C10H14ClNO. The summed E-state index contributed by atoms with van der Waals surface area (Å²) >= 11 is 5.96. The molecular weight excluding hydrogens is 186 g/mol. The standard InChI is InChI=1S/C10H14ClNO/c1-7-4-9(11)10(13-3)5-8(7)6-12-2/h4-5,12H,6H2,1-3H3. The maximum Gasteiger partial charge on any atom is 0.137 e. The van der Waals surface area contributed by atoms with Crippen molar-refractivity contribution in [2.24, 2.45) is 0 Å². The summed E-state index contributed by atoms with van der Waals surface area (Å²) in [5.74, 6) is 0.734. The number of ether oxygens (including phenoxy) is 1. The van der Waals surface area contributed by atoms with Crippen LogP contribution in [0.15, 0.2) is 12.1 Å². The van der Waals surface area contributed by atoms with Crippen molar-refractivity contribution in [1.29, 1.82) is 0 Å². The van der Waals surface area contributed by atoms with Crippen LogP contribution in [0.5, 0.6) is 5.75 Å². The lowest BCUT2D eigenvalue weighted by Gasteiger charge is -2.09. The van der Waals surface area contributed by atoms with Gasteiger partial charge in [-0.25, -0.2) is 0 Å². The van der Waals surface area contributed by atoms with E-state index in [1.807, 2.05) is 26.1 Å². The van der Waals surface area contributed by atoms with Crippen molar-refractivity contribution in [1.82, 2.24) is 5.32 Å². The van der Waals surface area contributed by atoms with Crippen LogP contribution in [0.3, 0.4) is 0 Å². The summed E-state index contributed by atoms with van der Waals surface area (Å²) in [5, 5.41) is 3.76. The third-order valence-corrected chi connectivity index (χ3v) is 2.27. The van der Waals surface area contributed by atoms with E-state index in [0.29, 0.717) is 5.02 Å². The van der Waals surface area contributed by atoms with E-state index < -0.39 is 0 Å². The van der Waals surface area contributed by atoms with Gasteiger partial charge < -0.3 is 10.1 Å². The van der Waals surface area contributed by atoms with E-state index in [4.69, 9.17) is 16.3 Å². The molecule has 1 aromatic carbocycles. The quantitative estimate of drug-likeness (QED) is 0.807. The maximum absolute atomic E-state index is 5.96. The van der Waals surface area contributed by atoms with Crippen LogP contribution in [0, 0.1) is 6.92 Å². The molecule has 0 radical (unpaired) electrons. The molecule has 0 aromatic heterocycles. The molecule has 0 spiro atoms. The first-order chi connectivity index (χ1) is 6.19. The van der Waals surface area contributed by atoms with E-state index in [0.717, 1.165) is 12.3 Å². The van der Waals surface area contributed by atoms with Crippen molar-refractivity contribution in [2.75, 3.05) is 14.2 Å².